The highest BCUT2D eigenvalue weighted by atomic mass is 35.5. The van der Waals surface area contributed by atoms with Crippen molar-refractivity contribution in [2.45, 2.75) is 27.3 Å². The summed E-state index contributed by atoms with van der Waals surface area (Å²) in [6.45, 7) is 7.23. The fourth-order valence-electron chi connectivity index (χ4n) is 3.58. The summed E-state index contributed by atoms with van der Waals surface area (Å²) in [5.41, 5.74) is 1.88. The molecule has 0 N–H and O–H groups in total. The first kappa shape index (κ1) is 21.4. The number of thiophene rings is 1. The normalized spacial score (nSPS) is 11.1. The second-order valence-electron chi connectivity index (χ2n) is 7.09. The molecule has 4 rings (SSSR count). The van der Waals surface area contributed by atoms with Crippen molar-refractivity contribution in [1.29, 1.82) is 0 Å². The summed E-state index contributed by atoms with van der Waals surface area (Å²) in [4.78, 5) is 20.0. The van der Waals surface area contributed by atoms with Gasteiger partial charge in [-0.15, -0.1) is 11.3 Å². The lowest BCUT2D eigenvalue weighted by atomic mass is 10.0. The second-order valence-corrected chi connectivity index (χ2v) is 8.73. The van der Waals surface area contributed by atoms with Gasteiger partial charge in [0.05, 0.1) is 18.5 Å². The number of aromatic nitrogens is 2. The van der Waals surface area contributed by atoms with E-state index in [-0.39, 0.29) is 5.56 Å². The molecule has 5 nitrogen and oxygen atoms in total. The largest absolute Gasteiger partial charge is 0.494 e. The SMILES string of the molecule is CCOc1ccc(-c2c(C)sc3nc(C)n(CCOc4ccc(Cl)cc4)c(=O)c23)cc1. The Morgan fingerprint density at radius 3 is 2.32 bits per heavy atom. The van der Waals surface area contributed by atoms with Crippen molar-refractivity contribution in [1.82, 2.24) is 9.55 Å². The lowest BCUT2D eigenvalue weighted by Gasteiger charge is -2.12. The van der Waals surface area contributed by atoms with E-state index in [1.807, 2.05) is 57.2 Å². The summed E-state index contributed by atoms with van der Waals surface area (Å²) < 4.78 is 13.0. The molecule has 0 bridgehead atoms. The minimum Gasteiger partial charge on any atom is -0.494 e. The maximum Gasteiger partial charge on any atom is 0.263 e. The molecule has 0 spiro atoms. The van der Waals surface area contributed by atoms with Crippen LogP contribution in [0.2, 0.25) is 5.02 Å². The van der Waals surface area contributed by atoms with E-state index in [0.29, 0.717) is 41.7 Å². The fourth-order valence-corrected chi connectivity index (χ4v) is 4.78. The van der Waals surface area contributed by atoms with Crippen LogP contribution in [0, 0.1) is 13.8 Å². The van der Waals surface area contributed by atoms with Crippen LogP contribution in [-0.4, -0.2) is 22.8 Å². The molecule has 0 fully saturated rings. The maximum absolute atomic E-state index is 13.4. The van der Waals surface area contributed by atoms with Crippen LogP contribution in [0.25, 0.3) is 21.3 Å². The van der Waals surface area contributed by atoms with Crippen LogP contribution >= 0.6 is 22.9 Å². The van der Waals surface area contributed by atoms with Crippen LogP contribution in [0.4, 0.5) is 0 Å². The van der Waals surface area contributed by atoms with E-state index in [4.69, 9.17) is 26.1 Å². The van der Waals surface area contributed by atoms with Gasteiger partial charge in [-0.1, -0.05) is 23.7 Å². The molecule has 0 radical (unpaired) electrons. The quantitative estimate of drug-likeness (QED) is 0.350. The standard InChI is InChI=1S/C24H23ClN2O3S/c1-4-29-19-9-5-17(6-10-19)21-15(2)31-23-22(21)24(28)27(16(3)26-23)13-14-30-20-11-7-18(25)8-12-20/h5-12H,4,13-14H2,1-3H3. The summed E-state index contributed by atoms with van der Waals surface area (Å²) in [7, 11) is 0. The Morgan fingerprint density at radius 2 is 1.65 bits per heavy atom. The zero-order valence-electron chi connectivity index (χ0n) is 17.6. The minimum absolute atomic E-state index is 0.0459. The summed E-state index contributed by atoms with van der Waals surface area (Å²) in [6, 6.07) is 15.0. The van der Waals surface area contributed by atoms with E-state index in [1.54, 1.807) is 28.0 Å². The van der Waals surface area contributed by atoms with Crippen LogP contribution in [0.5, 0.6) is 11.5 Å². The molecule has 2 aromatic carbocycles. The second kappa shape index (κ2) is 9.12. The molecule has 0 unspecified atom stereocenters. The zero-order valence-corrected chi connectivity index (χ0v) is 19.2. The van der Waals surface area contributed by atoms with Gasteiger partial charge in [0.1, 0.15) is 28.8 Å². The summed E-state index contributed by atoms with van der Waals surface area (Å²) >= 11 is 7.46. The topological polar surface area (TPSA) is 53.4 Å². The number of hydrogen-bond donors (Lipinski definition) is 0. The van der Waals surface area contributed by atoms with Crippen molar-refractivity contribution in [3.05, 3.63) is 74.6 Å². The van der Waals surface area contributed by atoms with E-state index >= 15 is 0 Å². The van der Waals surface area contributed by atoms with E-state index in [9.17, 15) is 4.79 Å². The van der Waals surface area contributed by atoms with Crippen molar-refractivity contribution in [2.75, 3.05) is 13.2 Å². The molecule has 2 aromatic heterocycles. The minimum atomic E-state index is -0.0459. The summed E-state index contributed by atoms with van der Waals surface area (Å²) in [5, 5.41) is 1.31. The molecule has 7 heteroatoms. The van der Waals surface area contributed by atoms with Gasteiger partial charge in [-0.2, -0.15) is 0 Å². The Bertz CT molecular complexity index is 1260. The van der Waals surface area contributed by atoms with Gasteiger partial charge in [-0.3, -0.25) is 9.36 Å². The third-order valence-electron chi connectivity index (χ3n) is 5.03. The molecule has 0 aliphatic carbocycles. The van der Waals surface area contributed by atoms with Crippen molar-refractivity contribution >= 4 is 33.2 Å². The molecule has 0 aliphatic heterocycles. The molecular formula is C24H23ClN2O3S. The first-order chi connectivity index (χ1) is 15.0. The average molecular weight is 455 g/mol. The molecule has 0 saturated heterocycles. The van der Waals surface area contributed by atoms with Crippen LogP contribution in [0.1, 0.15) is 17.6 Å². The monoisotopic (exact) mass is 454 g/mol. The molecule has 4 aromatic rings. The smallest absolute Gasteiger partial charge is 0.263 e. The Balaban J connectivity index is 1.67. The van der Waals surface area contributed by atoms with Gasteiger partial charge < -0.3 is 9.47 Å². The average Bonchev–Trinajstić information content (AvgIpc) is 3.08. The highest BCUT2D eigenvalue weighted by Gasteiger charge is 2.18. The van der Waals surface area contributed by atoms with E-state index in [1.165, 1.54) is 0 Å². The Labute approximate surface area is 189 Å². The summed E-state index contributed by atoms with van der Waals surface area (Å²) in [6.07, 6.45) is 0. The Hall–Kier alpha value is -2.83. The first-order valence-corrected chi connectivity index (χ1v) is 11.3. The van der Waals surface area contributed by atoms with Gasteiger partial charge in [0, 0.05) is 15.5 Å². The predicted octanol–water partition coefficient (Wildman–Crippen LogP) is 5.87. The first-order valence-electron chi connectivity index (χ1n) is 10.1. The highest BCUT2D eigenvalue weighted by molar-refractivity contribution is 7.19. The molecule has 0 atom stereocenters. The molecular weight excluding hydrogens is 432 g/mol. The number of aryl methyl sites for hydroxylation is 2. The van der Waals surface area contributed by atoms with Crippen molar-refractivity contribution in [3.8, 4) is 22.6 Å². The van der Waals surface area contributed by atoms with Crippen molar-refractivity contribution < 1.29 is 9.47 Å². The summed E-state index contributed by atoms with van der Waals surface area (Å²) in [5.74, 6) is 2.21. The molecule has 160 valence electrons. The fraction of sp³-hybridized carbons (Fsp3) is 0.250. The van der Waals surface area contributed by atoms with Gasteiger partial charge in [0.15, 0.2) is 0 Å². The number of nitrogens with zero attached hydrogens (tertiary/aromatic N) is 2. The number of halogens is 1. The molecule has 0 amide bonds. The van der Waals surface area contributed by atoms with E-state index in [0.717, 1.165) is 26.6 Å². The molecule has 31 heavy (non-hydrogen) atoms. The van der Waals surface area contributed by atoms with Crippen molar-refractivity contribution in [3.63, 3.8) is 0 Å². The third kappa shape index (κ3) is 4.45. The van der Waals surface area contributed by atoms with Gasteiger partial charge in [0.2, 0.25) is 0 Å². The van der Waals surface area contributed by atoms with Crippen LogP contribution in [0.3, 0.4) is 0 Å². The van der Waals surface area contributed by atoms with Crippen LogP contribution < -0.4 is 15.0 Å². The Kier molecular flexibility index (Phi) is 6.30. The van der Waals surface area contributed by atoms with E-state index in [2.05, 4.69) is 0 Å². The van der Waals surface area contributed by atoms with Gasteiger partial charge >= 0.3 is 0 Å². The number of benzene rings is 2. The van der Waals surface area contributed by atoms with Crippen LogP contribution in [0.15, 0.2) is 53.3 Å². The van der Waals surface area contributed by atoms with Gasteiger partial charge in [-0.25, -0.2) is 4.98 Å². The third-order valence-corrected chi connectivity index (χ3v) is 6.28. The number of ether oxygens (including phenoxy) is 2. The predicted molar refractivity (Wildman–Crippen MR) is 127 cm³/mol. The van der Waals surface area contributed by atoms with Crippen LogP contribution in [-0.2, 0) is 6.54 Å². The Morgan fingerprint density at radius 1 is 1.00 bits per heavy atom. The molecule has 2 heterocycles. The lowest BCUT2D eigenvalue weighted by Crippen LogP contribution is -2.26. The number of fused-ring (bicyclic) bond motifs is 1. The van der Waals surface area contributed by atoms with E-state index < -0.39 is 0 Å². The number of hydrogen-bond acceptors (Lipinski definition) is 5. The van der Waals surface area contributed by atoms with Crippen molar-refractivity contribution in [2.24, 2.45) is 0 Å². The van der Waals surface area contributed by atoms with Gasteiger partial charge in [0.25, 0.3) is 5.56 Å². The number of rotatable bonds is 7. The molecule has 0 aliphatic rings. The maximum atomic E-state index is 13.4. The zero-order chi connectivity index (χ0) is 22.0. The van der Waals surface area contributed by atoms with Gasteiger partial charge in [-0.05, 0) is 62.7 Å². The molecule has 0 saturated carbocycles. The highest BCUT2D eigenvalue weighted by Crippen LogP contribution is 2.36. The lowest BCUT2D eigenvalue weighted by molar-refractivity contribution is 0.294.